The Hall–Kier alpha value is -2.84. The first kappa shape index (κ1) is 25.2. The van der Waals surface area contributed by atoms with E-state index in [1.54, 1.807) is 48.5 Å². The summed E-state index contributed by atoms with van der Waals surface area (Å²) >= 11 is 0. The first-order valence-corrected chi connectivity index (χ1v) is 9.76. The predicted molar refractivity (Wildman–Crippen MR) is 111 cm³/mol. The van der Waals surface area contributed by atoms with Crippen LogP contribution >= 0.6 is 0 Å². The second-order valence-corrected chi connectivity index (χ2v) is 9.30. The zero-order valence-corrected chi connectivity index (χ0v) is 18.6. The van der Waals surface area contributed by atoms with Gasteiger partial charge in [-0.25, -0.2) is 4.79 Å². The van der Waals surface area contributed by atoms with E-state index in [1.165, 1.54) is 18.2 Å². The molecular formula is C21H32N2O7. The number of nitro groups is 1. The highest BCUT2D eigenvalue weighted by molar-refractivity contribution is 5.73. The van der Waals surface area contributed by atoms with E-state index in [4.69, 9.17) is 9.47 Å². The number of ether oxygens (including phenoxy) is 2. The summed E-state index contributed by atoms with van der Waals surface area (Å²) in [5, 5.41) is 23.5. The maximum atomic E-state index is 12.4. The lowest BCUT2D eigenvalue weighted by Gasteiger charge is -2.27. The van der Waals surface area contributed by atoms with Crippen LogP contribution in [0, 0.1) is 16.0 Å². The van der Waals surface area contributed by atoms with E-state index < -0.39 is 51.6 Å². The molecule has 0 spiro atoms. The Morgan fingerprint density at radius 3 is 2.20 bits per heavy atom. The number of hydrogen-bond acceptors (Lipinski definition) is 7. The lowest BCUT2D eigenvalue weighted by molar-refractivity contribution is -0.385. The van der Waals surface area contributed by atoms with Gasteiger partial charge in [-0.15, -0.1) is 0 Å². The van der Waals surface area contributed by atoms with Crippen molar-refractivity contribution in [3.8, 4) is 5.75 Å². The average molecular weight is 424 g/mol. The zero-order valence-electron chi connectivity index (χ0n) is 18.6. The molecule has 9 heteroatoms. The van der Waals surface area contributed by atoms with E-state index in [1.807, 2.05) is 0 Å². The molecule has 0 saturated carbocycles. The number of benzene rings is 1. The molecule has 1 rings (SSSR count). The van der Waals surface area contributed by atoms with Crippen LogP contribution in [0.15, 0.2) is 18.2 Å². The summed E-state index contributed by atoms with van der Waals surface area (Å²) in [5.74, 6) is -1.38. The summed E-state index contributed by atoms with van der Waals surface area (Å²) in [7, 11) is 0. The van der Waals surface area contributed by atoms with Crippen molar-refractivity contribution in [3.05, 3.63) is 33.9 Å². The fraction of sp³-hybridized carbons (Fsp3) is 0.619. The largest absolute Gasteiger partial charge is 0.502 e. The van der Waals surface area contributed by atoms with Gasteiger partial charge in [0.25, 0.3) is 0 Å². The molecule has 2 unspecified atom stereocenters. The summed E-state index contributed by atoms with van der Waals surface area (Å²) in [6, 6.07) is 3.46. The van der Waals surface area contributed by atoms with Gasteiger partial charge < -0.3 is 19.9 Å². The third-order valence-electron chi connectivity index (χ3n) is 3.89. The first-order valence-electron chi connectivity index (χ1n) is 9.76. The van der Waals surface area contributed by atoms with Crippen molar-refractivity contribution in [3.63, 3.8) is 0 Å². The summed E-state index contributed by atoms with van der Waals surface area (Å²) in [6.07, 6.45) is -0.215. The number of esters is 1. The Labute approximate surface area is 176 Å². The summed E-state index contributed by atoms with van der Waals surface area (Å²) in [6.45, 7) is 12.2. The Morgan fingerprint density at radius 1 is 1.13 bits per heavy atom. The maximum Gasteiger partial charge on any atom is 0.407 e. The number of nitro benzene ring substituents is 1. The molecule has 1 amide bonds. The van der Waals surface area contributed by atoms with Crippen LogP contribution < -0.4 is 5.32 Å². The van der Waals surface area contributed by atoms with Gasteiger partial charge in [0.2, 0.25) is 0 Å². The molecular weight excluding hydrogens is 392 g/mol. The predicted octanol–water partition coefficient (Wildman–Crippen LogP) is 4.10. The van der Waals surface area contributed by atoms with Crippen LogP contribution in [-0.2, 0) is 20.7 Å². The second kappa shape index (κ2) is 9.77. The number of carbonyl (C=O) groups excluding carboxylic acids is 2. The van der Waals surface area contributed by atoms with Gasteiger partial charge in [-0.2, -0.15) is 0 Å². The van der Waals surface area contributed by atoms with Crippen molar-refractivity contribution in [2.75, 3.05) is 0 Å². The van der Waals surface area contributed by atoms with E-state index in [0.717, 1.165) is 0 Å². The third kappa shape index (κ3) is 9.11. The van der Waals surface area contributed by atoms with Gasteiger partial charge in [0.1, 0.15) is 11.2 Å². The number of hydrogen-bond donors (Lipinski definition) is 2. The van der Waals surface area contributed by atoms with Gasteiger partial charge in [-0.1, -0.05) is 13.0 Å². The summed E-state index contributed by atoms with van der Waals surface area (Å²) < 4.78 is 10.7. The SMILES string of the molecule is CC(CC(Cc1ccc(O)c([N+](=O)[O-])c1)NC(=O)OC(C)(C)C)C(=O)OC(C)(C)C. The number of nitrogens with one attached hydrogen (secondary N) is 1. The van der Waals surface area contributed by atoms with Crippen molar-refractivity contribution in [1.29, 1.82) is 0 Å². The zero-order chi connectivity index (χ0) is 23.3. The van der Waals surface area contributed by atoms with Crippen LogP contribution in [0.3, 0.4) is 0 Å². The minimum atomic E-state index is -0.706. The lowest BCUT2D eigenvalue weighted by Crippen LogP contribution is -2.42. The quantitative estimate of drug-likeness (QED) is 0.383. The highest BCUT2D eigenvalue weighted by Gasteiger charge is 2.27. The number of amides is 1. The smallest absolute Gasteiger partial charge is 0.407 e. The average Bonchev–Trinajstić information content (AvgIpc) is 2.52. The topological polar surface area (TPSA) is 128 Å². The standard InChI is InChI=1S/C21H32N2O7/c1-13(18(25)29-20(2,3)4)10-15(22-19(26)30-21(5,6)7)11-14-8-9-17(24)16(12-14)23(27)28/h8-9,12-13,15,24H,10-11H2,1-7H3,(H,22,26). The molecule has 0 heterocycles. The van der Waals surface area contributed by atoms with Gasteiger partial charge in [0.15, 0.2) is 5.75 Å². The van der Waals surface area contributed by atoms with E-state index in [-0.39, 0.29) is 12.8 Å². The number of nitrogens with zero attached hydrogens (tertiary/aromatic N) is 1. The van der Waals surface area contributed by atoms with Crippen molar-refractivity contribution in [2.45, 2.75) is 78.6 Å². The third-order valence-corrected chi connectivity index (χ3v) is 3.89. The molecule has 2 N–H and O–H groups in total. The monoisotopic (exact) mass is 424 g/mol. The van der Waals surface area contributed by atoms with E-state index in [0.29, 0.717) is 5.56 Å². The van der Waals surface area contributed by atoms with Crippen molar-refractivity contribution >= 4 is 17.7 Å². The van der Waals surface area contributed by atoms with Gasteiger partial charge in [-0.05, 0) is 66.0 Å². The molecule has 0 radical (unpaired) electrons. The molecule has 0 aliphatic heterocycles. The fourth-order valence-corrected chi connectivity index (χ4v) is 2.72. The van der Waals surface area contributed by atoms with Crippen molar-refractivity contribution < 1.29 is 29.1 Å². The van der Waals surface area contributed by atoms with Gasteiger partial charge in [0.05, 0.1) is 10.8 Å². The fourth-order valence-electron chi connectivity index (χ4n) is 2.72. The Morgan fingerprint density at radius 2 is 1.70 bits per heavy atom. The lowest BCUT2D eigenvalue weighted by atomic mass is 9.95. The number of phenols is 1. The summed E-state index contributed by atoms with van der Waals surface area (Å²) in [4.78, 5) is 35.0. The van der Waals surface area contributed by atoms with Gasteiger partial charge >= 0.3 is 17.7 Å². The number of alkyl carbamates (subject to hydrolysis) is 1. The molecule has 0 aliphatic rings. The number of carbonyl (C=O) groups is 2. The molecule has 2 atom stereocenters. The summed E-state index contributed by atoms with van der Waals surface area (Å²) in [5.41, 5.74) is -1.25. The van der Waals surface area contributed by atoms with E-state index in [2.05, 4.69) is 5.32 Å². The van der Waals surface area contributed by atoms with E-state index >= 15 is 0 Å². The van der Waals surface area contributed by atoms with Crippen molar-refractivity contribution in [1.82, 2.24) is 5.32 Å². The molecule has 0 aromatic heterocycles. The molecule has 168 valence electrons. The highest BCUT2D eigenvalue weighted by atomic mass is 16.6. The Bertz CT molecular complexity index is 779. The number of aromatic hydroxyl groups is 1. The van der Waals surface area contributed by atoms with Crippen LogP contribution in [0.5, 0.6) is 5.75 Å². The van der Waals surface area contributed by atoms with Crippen LogP contribution in [0.2, 0.25) is 0 Å². The number of phenolic OH excluding ortho intramolecular Hbond substituents is 1. The second-order valence-electron chi connectivity index (χ2n) is 9.30. The van der Waals surface area contributed by atoms with Crippen LogP contribution in [-0.4, -0.2) is 39.3 Å². The maximum absolute atomic E-state index is 12.4. The molecule has 1 aromatic carbocycles. The first-order chi connectivity index (χ1) is 13.6. The van der Waals surface area contributed by atoms with Crippen LogP contribution in [0.25, 0.3) is 0 Å². The Kier molecular flexibility index (Phi) is 8.21. The molecule has 1 aromatic rings. The molecule has 0 saturated heterocycles. The Balaban J connectivity index is 3.03. The molecule has 9 nitrogen and oxygen atoms in total. The highest BCUT2D eigenvalue weighted by Crippen LogP contribution is 2.27. The van der Waals surface area contributed by atoms with Crippen molar-refractivity contribution in [2.24, 2.45) is 5.92 Å². The molecule has 0 bridgehead atoms. The minimum Gasteiger partial charge on any atom is -0.502 e. The molecule has 0 aliphatic carbocycles. The van der Waals surface area contributed by atoms with E-state index in [9.17, 15) is 24.8 Å². The molecule has 30 heavy (non-hydrogen) atoms. The van der Waals surface area contributed by atoms with Gasteiger partial charge in [0, 0.05) is 12.1 Å². The van der Waals surface area contributed by atoms with Gasteiger partial charge in [-0.3, -0.25) is 14.9 Å². The normalized spacial score (nSPS) is 13.8. The minimum absolute atomic E-state index is 0.202. The van der Waals surface area contributed by atoms with Crippen LogP contribution in [0.1, 0.15) is 60.5 Å². The molecule has 0 fully saturated rings. The van der Waals surface area contributed by atoms with Crippen LogP contribution in [0.4, 0.5) is 10.5 Å². The number of rotatable bonds is 7.